The zero-order valence-corrected chi connectivity index (χ0v) is 14.0. The van der Waals surface area contributed by atoms with E-state index in [1.54, 1.807) is 6.08 Å². The minimum absolute atomic E-state index is 0.376. The minimum atomic E-state index is 0.376. The molecule has 0 N–H and O–H groups in total. The molecule has 0 radical (unpaired) electrons. The quantitative estimate of drug-likeness (QED) is 0.389. The molecule has 0 fully saturated rings. The summed E-state index contributed by atoms with van der Waals surface area (Å²) in [5.41, 5.74) is 2.49. The number of carbonyl (C=O) groups excluding carboxylic acids is 1. The van der Waals surface area contributed by atoms with Crippen LogP contribution in [0.4, 0.5) is 11.4 Å². The highest BCUT2D eigenvalue weighted by Gasteiger charge is 2.06. The molecule has 0 bridgehead atoms. The van der Waals surface area contributed by atoms with Crippen LogP contribution in [0.25, 0.3) is 0 Å². The van der Waals surface area contributed by atoms with Gasteiger partial charge in [0.1, 0.15) is 5.75 Å². The maximum absolute atomic E-state index is 10.3. The second-order valence-electron chi connectivity index (χ2n) is 5.76. The average molecular weight is 323 g/mol. The molecule has 0 atom stereocenters. The van der Waals surface area contributed by atoms with E-state index in [0.717, 1.165) is 22.7 Å². The first-order valence-corrected chi connectivity index (χ1v) is 7.95. The first-order chi connectivity index (χ1) is 11.7. The van der Waals surface area contributed by atoms with Gasteiger partial charge in [-0.3, -0.25) is 0 Å². The molecule has 0 aliphatic carbocycles. The summed E-state index contributed by atoms with van der Waals surface area (Å²) in [6.07, 6.45) is 2.16. The van der Waals surface area contributed by atoms with Gasteiger partial charge < -0.3 is 4.74 Å². The lowest BCUT2D eigenvalue weighted by atomic mass is 10.1. The highest BCUT2D eigenvalue weighted by atomic mass is 16.5. The van der Waals surface area contributed by atoms with E-state index in [4.69, 9.17) is 4.74 Å². The third kappa shape index (κ3) is 5.78. The number of isocyanates is 1. The molecule has 5 heteroatoms. The smallest absolute Gasteiger partial charge is 0.234 e. The van der Waals surface area contributed by atoms with Crippen molar-refractivity contribution in [3.05, 3.63) is 54.1 Å². The minimum Gasteiger partial charge on any atom is -0.493 e. The van der Waals surface area contributed by atoms with E-state index in [1.807, 2.05) is 48.5 Å². The lowest BCUT2D eigenvalue weighted by Crippen LogP contribution is -2.06. The van der Waals surface area contributed by atoms with E-state index >= 15 is 0 Å². The van der Waals surface area contributed by atoms with Crippen molar-refractivity contribution in [1.29, 1.82) is 0 Å². The summed E-state index contributed by atoms with van der Waals surface area (Å²) in [6.45, 7) is 5.20. The second kappa shape index (κ2) is 9.38. The molecule has 0 spiro atoms. The Morgan fingerprint density at radius 3 is 2.50 bits per heavy atom. The number of aliphatic imine (C=N–C) groups is 1. The Labute approximate surface area is 142 Å². The number of hydrogen-bond acceptors (Lipinski definition) is 5. The molecule has 124 valence electrons. The predicted molar refractivity (Wildman–Crippen MR) is 94.1 cm³/mol. The molecule has 2 aromatic rings. The van der Waals surface area contributed by atoms with Crippen LogP contribution in [0.1, 0.15) is 19.4 Å². The van der Waals surface area contributed by atoms with Gasteiger partial charge in [0.25, 0.3) is 0 Å². The van der Waals surface area contributed by atoms with Crippen LogP contribution in [-0.2, 0) is 11.2 Å². The molecule has 0 heterocycles. The normalized spacial score (nSPS) is 10.8. The van der Waals surface area contributed by atoms with Crippen molar-refractivity contribution in [2.24, 2.45) is 21.1 Å². The van der Waals surface area contributed by atoms with Crippen molar-refractivity contribution in [2.75, 3.05) is 13.2 Å². The van der Waals surface area contributed by atoms with Gasteiger partial charge in [-0.25, -0.2) is 9.79 Å². The summed E-state index contributed by atoms with van der Waals surface area (Å²) in [7, 11) is 0. The Bertz CT molecular complexity index is 721. The maximum Gasteiger partial charge on any atom is 0.234 e. The van der Waals surface area contributed by atoms with E-state index in [0.29, 0.717) is 25.5 Å². The summed E-state index contributed by atoms with van der Waals surface area (Å²) in [4.78, 5) is 13.9. The lowest BCUT2D eigenvalue weighted by molar-refractivity contribution is 0.268. The molecule has 5 nitrogen and oxygen atoms in total. The fraction of sp³-hybridized carbons (Fsp3) is 0.316. The molecule has 0 aromatic heterocycles. The Hall–Kier alpha value is -2.78. The van der Waals surface area contributed by atoms with Gasteiger partial charge in [0.2, 0.25) is 6.08 Å². The highest BCUT2D eigenvalue weighted by molar-refractivity contribution is 5.48. The number of hydrogen-bond donors (Lipinski definition) is 0. The summed E-state index contributed by atoms with van der Waals surface area (Å²) in [5, 5.41) is 8.48. The topological polar surface area (TPSA) is 63.4 Å². The molecule has 0 aliphatic heterocycles. The molecular weight excluding hydrogens is 302 g/mol. The highest BCUT2D eigenvalue weighted by Crippen LogP contribution is 2.27. The van der Waals surface area contributed by atoms with Crippen molar-refractivity contribution in [3.63, 3.8) is 0 Å². The van der Waals surface area contributed by atoms with Gasteiger partial charge in [0, 0.05) is 0 Å². The van der Waals surface area contributed by atoms with Crippen LogP contribution in [0.3, 0.4) is 0 Å². The monoisotopic (exact) mass is 323 g/mol. The van der Waals surface area contributed by atoms with Gasteiger partial charge in [-0.2, -0.15) is 10.2 Å². The van der Waals surface area contributed by atoms with Gasteiger partial charge in [-0.1, -0.05) is 32.0 Å². The Morgan fingerprint density at radius 2 is 1.79 bits per heavy atom. The standard InChI is InChI=1S/C19H21N3O2/c1-15(2)13-24-19-9-8-18(12-16(19)10-11-20-14-23)22-21-17-6-4-3-5-7-17/h3-9,12,15H,10-11,13H2,1-2H3. The molecule has 2 aromatic carbocycles. The maximum atomic E-state index is 10.3. The van der Waals surface area contributed by atoms with Gasteiger partial charge in [0.15, 0.2) is 0 Å². The fourth-order valence-corrected chi connectivity index (χ4v) is 2.05. The van der Waals surface area contributed by atoms with Crippen molar-refractivity contribution in [2.45, 2.75) is 20.3 Å². The summed E-state index contributed by atoms with van der Waals surface area (Å²) < 4.78 is 5.83. The van der Waals surface area contributed by atoms with Crippen LogP contribution in [-0.4, -0.2) is 19.2 Å². The zero-order valence-electron chi connectivity index (χ0n) is 14.0. The second-order valence-corrected chi connectivity index (χ2v) is 5.76. The molecule has 24 heavy (non-hydrogen) atoms. The van der Waals surface area contributed by atoms with Crippen LogP contribution in [0.5, 0.6) is 5.75 Å². The Kier molecular flexibility index (Phi) is 6.87. The van der Waals surface area contributed by atoms with Gasteiger partial charge in [0.05, 0.1) is 24.5 Å². The summed E-state index contributed by atoms with van der Waals surface area (Å²) in [6, 6.07) is 15.2. The molecule has 2 rings (SSSR count). The first kappa shape index (κ1) is 17.6. The van der Waals surface area contributed by atoms with Crippen LogP contribution >= 0.6 is 0 Å². The third-order valence-corrected chi connectivity index (χ3v) is 3.21. The first-order valence-electron chi connectivity index (χ1n) is 7.95. The van der Waals surface area contributed by atoms with E-state index in [9.17, 15) is 4.79 Å². The van der Waals surface area contributed by atoms with E-state index < -0.39 is 0 Å². The van der Waals surface area contributed by atoms with E-state index in [-0.39, 0.29) is 0 Å². The predicted octanol–water partition coefficient (Wildman–Crippen LogP) is 5.02. The number of benzene rings is 2. The number of rotatable bonds is 8. The average Bonchev–Trinajstić information content (AvgIpc) is 2.60. The number of nitrogens with zero attached hydrogens (tertiary/aromatic N) is 3. The van der Waals surface area contributed by atoms with Crippen molar-refractivity contribution in [3.8, 4) is 5.75 Å². The van der Waals surface area contributed by atoms with E-state index in [2.05, 4.69) is 29.1 Å². The van der Waals surface area contributed by atoms with Gasteiger partial charge >= 0.3 is 0 Å². The van der Waals surface area contributed by atoms with Gasteiger partial charge in [-0.15, -0.1) is 0 Å². The fourth-order valence-electron chi connectivity index (χ4n) is 2.05. The number of ether oxygens (including phenoxy) is 1. The molecule has 0 saturated carbocycles. The molecular formula is C19H21N3O2. The SMILES string of the molecule is CC(C)COc1ccc(N=Nc2ccccc2)cc1CCN=C=O. The van der Waals surface area contributed by atoms with Crippen LogP contribution in [0, 0.1) is 5.92 Å². The molecule has 0 aliphatic rings. The lowest BCUT2D eigenvalue weighted by Gasteiger charge is -2.13. The van der Waals surface area contributed by atoms with Crippen LogP contribution < -0.4 is 4.74 Å². The van der Waals surface area contributed by atoms with Crippen LogP contribution in [0.2, 0.25) is 0 Å². The zero-order chi connectivity index (χ0) is 17.2. The van der Waals surface area contributed by atoms with Crippen molar-refractivity contribution >= 4 is 17.5 Å². The largest absolute Gasteiger partial charge is 0.493 e. The Morgan fingerprint density at radius 1 is 1.04 bits per heavy atom. The molecule has 0 amide bonds. The Balaban J connectivity index is 2.18. The summed E-state index contributed by atoms with van der Waals surface area (Å²) in [5.74, 6) is 1.23. The van der Waals surface area contributed by atoms with E-state index in [1.165, 1.54) is 0 Å². The van der Waals surface area contributed by atoms with Crippen molar-refractivity contribution in [1.82, 2.24) is 0 Å². The number of azo groups is 1. The molecule has 0 unspecified atom stereocenters. The van der Waals surface area contributed by atoms with Gasteiger partial charge in [-0.05, 0) is 48.2 Å². The van der Waals surface area contributed by atoms with Crippen LogP contribution in [0.15, 0.2) is 63.8 Å². The molecule has 0 saturated heterocycles. The summed E-state index contributed by atoms with van der Waals surface area (Å²) >= 11 is 0. The third-order valence-electron chi connectivity index (χ3n) is 3.21. The van der Waals surface area contributed by atoms with Crippen molar-refractivity contribution < 1.29 is 9.53 Å².